The van der Waals surface area contributed by atoms with Crippen LogP contribution in [0.5, 0.6) is 0 Å². The van der Waals surface area contributed by atoms with Crippen LogP contribution in [-0.2, 0) is 0 Å². The van der Waals surface area contributed by atoms with Gasteiger partial charge in [0.2, 0.25) is 6.20 Å². The van der Waals surface area contributed by atoms with E-state index in [2.05, 4.69) is 0 Å². The van der Waals surface area contributed by atoms with Crippen molar-refractivity contribution in [2.24, 2.45) is 0 Å². The van der Waals surface area contributed by atoms with Crippen molar-refractivity contribution in [3.63, 3.8) is 0 Å². The molecule has 0 atom stereocenters. The zero-order valence-electron chi connectivity index (χ0n) is 5.47. The van der Waals surface area contributed by atoms with Gasteiger partial charge in [0, 0.05) is 6.42 Å². The smallest absolute Gasteiger partial charge is 0.259 e. The minimum atomic E-state index is -4.24. The Morgan fingerprint density at radius 3 is 2.36 bits per heavy atom. The predicted octanol–water partition coefficient (Wildman–Crippen LogP) is 2.12. The number of halogens is 3. The summed E-state index contributed by atoms with van der Waals surface area (Å²) in [6.07, 6.45) is -4.21. The van der Waals surface area contributed by atoms with Crippen molar-refractivity contribution in [1.82, 2.24) is 0 Å². The molecule has 0 saturated heterocycles. The van der Waals surface area contributed by atoms with Gasteiger partial charge in [0.05, 0.1) is 4.92 Å². The summed E-state index contributed by atoms with van der Waals surface area (Å²) >= 11 is 0. The van der Waals surface area contributed by atoms with Gasteiger partial charge in [0.1, 0.15) is 0 Å². The number of nitrogens with zero attached hydrogens (tertiary/aromatic N) is 1. The van der Waals surface area contributed by atoms with Crippen LogP contribution in [0, 0.1) is 10.1 Å². The summed E-state index contributed by atoms with van der Waals surface area (Å²) in [5, 5.41) is 9.56. The van der Waals surface area contributed by atoms with Gasteiger partial charge in [-0.3, -0.25) is 10.1 Å². The van der Waals surface area contributed by atoms with Crippen LogP contribution in [0.3, 0.4) is 0 Å². The van der Waals surface area contributed by atoms with E-state index in [9.17, 15) is 23.3 Å². The van der Waals surface area contributed by atoms with Crippen molar-refractivity contribution >= 4 is 0 Å². The van der Waals surface area contributed by atoms with E-state index in [1.54, 1.807) is 0 Å². The fourth-order valence-electron chi connectivity index (χ4n) is 0.408. The van der Waals surface area contributed by atoms with Gasteiger partial charge in [0.25, 0.3) is 0 Å². The maximum atomic E-state index is 11.4. The summed E-state index contributed by atoms with van der Waals surface area (Å²) in [6, 6.07) is 0. The van der Waals surface area contributed by atoms with Crippen molar-refractivity contribution < 1.29 is 18.1 Å². The zero-order valence-corrected chi connectivity index (χ0v) is 5.47. The first-order valence-electron chi connectivity index (χ1n) is 2.79. The van der Waals surface area contributed by atoms with Crippen LogP contribution in [0.2, 0.25) is 0 Å². The summed E-state index contributed by atoms with van der Waals surface area (Å²) in [5.74, 6) is 0. The Labute approximate surface area is 60.7 Å². The van der Waals surface area contributed by atoms with Crippen molar-refractivity contribution in [3.05, 3.63) is 22.4 Å². The lowest BCUT2D eigenvalue weighted by Crippen LogP contribution is -2.05. The first-order valence-corrected chi connectivity index (χ1v) is 2.79. The van der Waals surface area contributed by atoms with Gasteiger partial charge < -0.3 is 0 Å². The number of allylic oxidation sites excluding steroid dienone is 1. The topological polar surface area (TPSA) is 43.1 Å². The second kappa shape index (κ2) is 3.95. The lowest BCUT2D eigenvalue weighted by molar-refractivity contribution is -0.402. The van der Waals surface area contributed by atoms with Crippen LogP contribution in [0.4, 0.5) is 13.2 Å². The predicted molar refractivity (Wildman–Crippen MR) is 31.4 cm³/mol. The van der Waals surface area contributed by atoms with E-state index in [4.69, 9.17) is 0 Å². The largest absolute Gasteiger partial charge is 0.389 e. The maximum absolute atomic E-state index is 11.4. The molecule has 0 aromatic carbocycles. The molecule has 0 aromatic rings. The summed E-state index contributed by atoms with van der Waals surface area (Å²) in [5.41, 5.74) is 0. The molecule has 6 heteroatoms. The Morgan fingerprint density at radius 1 is 1.45 bits per heavy atom. The Hall–Kier alpha value is -1.07. The summed E-state index contributed by atoms with van der Waals surface area (Å²) < 4.78 is 34.1. The molecule has 0 aliphatic heterocycles. The average Bonchev–Trinajstić information content (AvgIpc) is 1.78. The molecule has 0 aliphatic carbocycles. The van der Waals surface area contributed by atoms with Gasteiger partial charge in [-0.25, -0.2) is 0 Å². The minimum Gasteiger partial charge on any atom is -0.259 e. The van der Waals surface area contributed by atoms with Gasteiger partial charge in [-0.15, -0.1) is 0 Å². The third-order valence-electron chi connectivity index (χ3n) is 0.822. The fraction of sp³-hybridized carbons (Fsp3) is 0.600. The second-order valence-corrected chi connectivity index (χ2v) is 1.82. The SMILES string of the molecule is O=[N+]([O-])/C=C/CCC(F)(F)F. The van der Waals surface area contributed by atoms with Gasteiger partial charge >= 0.3 is 6.18 Å². The lowest BCUT2D eigenvalue weighted by atomic mass is 10.3. The molecule has 3 nitrogen and oxygen atoms in total. The molecule has 0 amide bonds. The first-order chi connectivity index (χ1) is 4.92. The van der Waals surface area contributed by atoms with Crippen LogP contribution < -0.4 is 0 Å². The van der Waals surface area contributed by atoms with Gasteiger partial charge in [-0.05, 0) is 12.5 Å². The summed E-state index contributed by atoms with van der Waals surface area (Å²) in [4.78, 5) is 8.77. The van der Waals surface area contributed by atoms with E-state index in [-0.39, 0.29) is 6.42 Å². The van der Waals surface area contributed by atoms with E-state index in [0.29, 0.717) is 6.20 Å². The van der Waals surface area contributed by atoms with E-state index in [0.717, 1.165) is 6.08 Å². The number of hydrogen-bond donors (Lipinski definition) is 0. The fourth-order valence-corrected chi connectivity index (χ4v) is 0.408. The molecule has 0 fully saturated rings. The minimum absolute atomic E-state index is 0.343. The normalized spacial score (nSPS) is 12.3. The molecule has 0 N–H and O–H groups in total. The molecule has 0 radical (unpaired) electrons. The molecule has 0 saturated carbocycles. The monoisotopic (exact) mass is 169 g/mol. The quantitative estimate of drug-likeness (QED) is 0.479. The molecule has 0 heterocycles. The molecular weight excluding hydrogens is 163 g/mol. The van der Waals surface area contributed by atoms with E-state index in [1.165, 1.54) is 0 Å². The van der Waals surface area contributed by atoms with Gasteiger partial charge in [-0.1, -0.05) is 0 Å². The summed E-state index contributed by atoms with van der Waals surface area (Å²) in [6.45, 7) is 0. The van der Waals surface area contributed by atoms with Crippen LogP contribution in [0.15, 0.2) is 12.3 Å². The van der Waals surface area contributed by atoms with Crippen molar-refractivity contribution in [2.45, 2.75) is 19.0 Å². The van der Waals surface area contributed by atoms with Crippen molar-refractivity contribution in [3.8, 4) is 0 Å². The highest BCUT2D eigenvalue weighted by molar-refractivity contribution is 4.73. The third-order valence-corrected chi connectivity index (χ3v) is 0.822. The molecule has 0 spiro atoms. The van der Waals surface area contributed by atoms with E-state index >= 15 is 0 Å². The lowest BCUT2D eigenvalue weighted by Gasteiger charge is -2.00. The number of rotatable bonds is 3. The molecule has 0 rings (SSSR count). The molecule has 11 heavy (non-hydrogen) atoms. The van der Waals surface area contributed by atoms with Gasteiger partial charge in [0.15, 0.2) is 0 Å². The highest BCUT2D eigenvalue weighted by Gasteiger charge is 2.25. The molecule has 0 bridgehead atoms. The first kappa shape index (κ1) is 9.93. The Kier molecular flexibility index (Phi) is 3.56. The standard InChI is InChI=1S/C5H6F3NO2/c6-5(7,8)3-1-2-4-9(10)11/h2,4H,1,3H2/b4-2+. The second-order valence-electron chi connectivity index (χ2n) is 1.82. The van der Waals surface area contributed by atoms with E-state index < -0.39 is 17.5 Å². The number of alkyl halides is 3. The van der Waals surface area contributed by atoms with Gasteiger partial charge in [-0.2, -0.15) is 13.2 Å². The molecular formula is C5H6F3NO2. The molecule has 0 aromatic heterocycles. The van der Waals surface area contributed by atoms with Crippen molar-refractivity contribution in [1.29, 1.82) is 0 Å². The highest BCUT2D eigenvalue weighted by atomic mass is 19.4. The van der Waals surface area contributed by atoms with Crippen LogP contribution in [0.25, 0.3) is 0 Å². The Morgan fingerprint density at radius 2 is 2.00 bits per heavy atom. The molecule has 0 aliphatic rings. The van der Waals surface area contributed by atoms with Crippen molar-refractivity contribution in [2.75, 3.05) is 0 Å². The van der Waals surface area contributed by atoms with Crippen LogP contribution in [0.1, 0.15) is 12.8 Å². The zero-order chi connectivity index (χ0) is 8.91. The Bertz CT molecular complexity index is 164. The number of nitro groups is 1. The van der Waals surface area contributed by atoms with E-state index in [1.807, 2.05) is 0 Å². The third kappa shape index (κ3) is 8.93. The average molecular weight is 169 g/mol. The number of hydrogen-bond acceptors (Lipinski definition) is 2. The maximum Gasteiger partial charge on any atom is 0.389 e. The summed E-state index contributed by atoms with van der Waals surface area (Å²) in [7, 11) is 0. The van der Waals surface area contributed by atoms with Crippen LogP contribution >= 0.6 is 0 Å². The van der Waals surface area contributed by atoms with Crippen LogP contribution in [-0.4, -0.2) is 11.1 Å². The molecule has 64 valence electrons. The molecule has 0 unspecified atom stereocenters. The Balaban J connectivity index is 3.50. The highest BCUT2D eigenvalue weighted by Crippen LogP contribution is 2.21.